The lowest BCUT2D eigenvalue weighted by molar-refractivity contribution is 0.0595. The van der Waals surface area contributed by atoms with Crippen molar-refractivity contribution in [2.75, 3.05) is 7.11 Å². The van der Waals surface area contributed by atoms with Crippen molar-refractivity contribution in [1.82, 2.24) is 5.16 Å². The zero-order valence-corrected chi connectivity index (χ0v) is 15.4. The number of esters is 1. The van der Waals surface area contributed by atoms with Gasteiger partial charge in [0, 0.05) is 11.6 Å². The maximum atomic E-state index is 12.6. The Balaban J connectivity index is 2.71. The van der Waals surface area contributed by atoms with Crippen LogP contribution < -0.4 is 0 Å². The maximum Gasteiger partial charge on any atom is 0.339 e. The minimum atomic E-state index is -3.73. The molecule has 0 amide bonds. The second kappa shape index (κ2) is 6.79. The summed E-state index contributed by atoms with van der Waals surface area (Å²) in [6.07, 6.45) is 0. The highest BCUT2D eigenvalue weighted by atomic mass is 32.2. The van der Waals surface area contributed by atoms with Crippen LogP contribution in [0, 0.1) is 13.8 Å². The lowest BCUT2D eigenvalue weighted by Crippen LogP contribution is -2.21. The predicted octanol–water partition coefficient (Wildman–Crippen LogP) is 2.49. The fourth-order valence-electron chi connectivity index (χ4n) is 2.39. The number of rotatable bonds is 5. The summed E-state index contributed by atoms with van der Waals surface area (Å²) in [4.78, 5) is 24.7. The molecule has 2 aromatic rings. The first-order chi connectivity index (χ1) is 11.6. The van der Waals surface area contributed by atoms with Gasteiger partial charge in [-0.05, 0) is 45.4 Å². The van der Waals surface area contributed by atoms with Gasteiger partial charge < -0.3 is 9.26 Å². The highest BCUT2D eigenvalue weighted by Gasteiger charge is 2.30. The van der Waals surface area contributed by atoms with E-state index in [9.17, 15) is 18.0 Å². The molecule has 1 aromatic carbocycles. The number of nitrogens with zero attached hydrogens (tertiary/aromatic N) is 1. The van der Waals surface area contributed by atoms with Gasteiger partial charge in [0.15, 0.2) is 15.5 Å². The lowest BCUT2D eigenvalue weighted by Gasteiger charge is -2.16. The lowest BCUT2D eigenvalue weighted by atomic mass is 9.97. The van der Waals surface area contributed by atoms with Crippen LogP contribution in [-0.4, -0.2) is 37.7 Å². The van der Waals surface area contributed by atoms with Gasteiger partial charge in [0.2, 0.25) is 5.78 Å². The van der Waals surface area contributed by atoms with Crippen LogP contribution in [0.25, 0.3) is 0 Å². The van der Waals surface area contributed by atoms with Gasteiger partial charge in [-0.1, -0.05) is 5.16 Å². The van der Waals surface area contributed by atoms with Crippen LogP contribution >= 0.6 is 0 Å². The molecule has 0 bridgehead atoms. The summed E-state index contributed by atoms with van der Waals surface area (Å²) in [6, 6.07) is 4.11. The first-order valence-corrected chi connectivity index (χ1v) is 9.09. The highest BCUT2D eigenvalue weighted by Crippen LogP contribution is 2.28. The summed E-state index contributed by atoms with van der Waals surface area (Å²) in [5.74, 6) is -0.816. The molecule has 0 N–H and O–H groups in total. The smallest absolute Gasteiger partial charge is 0.339 e. The molecule has 0 spiro atoms. The van der Waals surface area contributed by atoms with Crippen molar-refractivity contribution >= 4 is 21.6 Å². The number of hydrogen-bond donors (Lipinski definition) is 0. The molecule has 0 saturated carbocycles. The van der Waals surface area contributed by atoms with Crippen LogP contribution in [-0.2, 0) is 14.6 Å². The Hall–Kier alpha value is -2.48. The number of methoxy groups -OCH3 is 1. The first-order valence-electron chi connectivity index (χ1n) is 7.55. The molecule has 0 aliphatic rings. The standard InChI is InChI=1S/C17H19NO6S/c1-9(2)25(21,22)14-7-6-12(11(4)15(14)17(20)23-5)16(19)13-8-10(3)24-18-13/h6-9H,1-5H3. The van der Waals surface area contributed by atoms with E-state index in [1.54, 1.807) is 6.92 Å². The Labute approximate surface area is 145 Å². The number of ether oxygens (including phenoxy) is 1. The third kappa shape index (κ3) is 3.34. The summed E-state index contributed by atoms with van der Waals surface area (Å²) in [7, 11) is -2.58. The predicted molar refractivity (Wildman–Crippen MR) is 89.5 cm³/mol. The normalized spacial score (nSPS) is 11.6. The monoisotopic (exact) mass is 365 g/mol. The molecule has 1 aromatic heterocycles. The fourth-order valence-corrected chi connectivity index (χ4v) is 3.68. The van der Waals surface area contributed by atoms with E-state index < -0.39 is 26.8 Å². The van der Waals surface area contributed by atoms with Crippen LogP contribution in [0.5, 0.6) is 0 Å². The van der Waals surface area contributed by atoms with E-state index in [0.717, 1.165) is 7.11 Å². The van der Waals surface area contributed by atoms with Crippen LogP contribution in [0.1, 0.15) is 51.6 Å². The molecule has 0 saturated heterocycles. The van der Waals surface area contributed by atoms with Crippen LogP contribution in [0.3, 0.4) is 0 Å². The molecule has 2 rings (SSSR count). The van der Waals surface area contributed by atoms with Crippen molar-refractivity contribution in [3.63, 3.8) is 0 Å². The Bertz CT molecular complexity index is 940. The number of carbonyl (C=O) groups is 2. The molecule has 0 aliphatic heterocycles. The molecule has 1 heterocycles. The molecule has 0 atom stereocenters. The second-order valence-corrected chi connectivity index (χ2v) is 8.32. The Morgan fingerprint density at radius 3 is 2.32 bits per heavy atom. The van der Waals surface area contributed by atoms with Crippen molar-refractivity contribution in [2.24, 2.45) is 0 Å². The highest BCUT2D eigenvalue weighted by molar-refractivity contribution is 7.92. The molecular formula is C17H19NO6S. The molecule has 0 fully saturated rings. The van der Waals surface area contributed by atoms with Crippen molar-refractivity contribution < 1.29 is 27.3 Å². The maximum absolute atomic E-state index is 12.6. The third-order valence-corrected chi connectivity index (χ3v) is 6.04. The quantitative estimate of drug-likeness (QED) is 0.592. The summed E-state index contributed by atoms with van der Waals surface area (Å²) < 4.78 is 34.7. The summed E-state index contributed by atoms with van der Waals surface area (Å²) in [5, 5.41) is 2.94. The minimum absolute atomic E-state index is 0.0795. The van der Waals surface area contributed by atoms with E-state index in [4.69, 9.17) is 9.26 Å². The summed E-state index contributed by atoms with van der Waals surface area (Å²) in [5.41, 5.74) is 0.328. The SMILES string of the molecule is COC(=O)c1c(S(=O)(=O)C(C)C)ccc(C(=O)c2cc(C)on2)c1C. The van der Waals surface area contributed by atoms with Crippen LogP contribution in [0.2, 0.25) is 0 Å². The molecule has 134 valence electrons. The fraction of sp³-hybridized carbons (Fsp3) is 0.353. The van der Waals surface area contributed by atoms with Gasteiger partial charge in [-0.15, -0.1) is 0 Å². The van der Waals surface area contributed by atoms with Crippen LogP contribution in [0.4, 0.5) is 0 Å². The zero-order chi connectivity index (χ0) is 18.9. The zero-order valence-electron chi connectivity index (χ0n) is 14.6. The van der Waals surface area contributed by atoms with E-state index in [0.29, 0.717) is 5.76 Å². The molecule has 25 heavy (non-hydrogen) atoms. The van der Waals surface area contributed by atoms with Crippen molar-refractivity contribution in [3.05, 3.63) is 46.3 Å². The molecular weight excluding hydrogens is 346 g/mol. The van der Waals surface area contributed by atoms with E-state index in [1.807, 2.05) is 0 Å². The summed E-state index contributed by atoms with van der Waals surface area (Å²) >= 11 is 0. The number of benzene rings is 1. The number of hydrogen-bond acceptors (Lipinski definition) is 7. The molecule has 7 nitrogen and oxygen atoms in total. The van der Waals surface area contributed by atoms with Crippen molar-refractivity contribution in [3.8, 4) is 0 Å². The Kier molecular flexibility index (Phi) is 5.12. The van der Waals surface area contributed by atoms with Crippen LogP contribution in [0.15, 0.2) is 27.6 Å². The Morgan fingerprint density at radius 2 is 1.84 bits per heavy atom. The number of aryl methyl sites for hydroxylation is 1. The van der Waals surface area contributed by atoms with E-state index in [1.165, 1.54) is 39.0 Å². The second-order valence-electron chi connectivity index (χ2n) is 5.85. The number of sulfone groups is 1. The minimum Gasteiger partial charge on any atom is -0.465 e. The largest absolute Gasteiger partial charge is 0.465 e. The van der Waals surface area contributed by atoms with E-state index >= 15 is 0 Å². The van der Waals surface area contributed by atoms with E-state index in [-0.39, 0.29) is 27.3 Å². The van der Waals surface area contributed by atoms with Gasteiger partial charge in [0.1, 0.15) is 5.76 Å². The average molecular weight is 365 g/mol. The topological polar surface area (TPSA) is 104 Å². The van der Waals surface area contributed by atoms with Gasteiger partial charge in [0.25, 0.3) is 0 Å². The number of ketones is 1. The Morgan fingerprint density at radius 1 is 1.20 bits per heavy atom. The first kappa shape index (κ1) is 18.9. The number of carbonyl (C=O) groups excluding carboxylic acids is 2. The van der Waals surface area contributed by atoms with E-state index in [2.05, 4.69) is 5.16 Å². The van der Waals surface area contributed by atoms with Gasteiger partial charge in [-0.2, -0.15) is 0 Å². The van der Waals surface area contributed by atoms with Crippen molar-refractivity contribution in [1.29, 1.82) is 0 Å². The van der Waals surface area contributed by atoms with Crippen molar-refractivity contribution in [2.45, 2.75) is 37.8 Å². The summed E-state index contributed by atoms with van der Waals surface area (Å²) in [6.45, 7) is 6.19. The third-order valence-electron chi connectivity index (χ3n) is 3.85. The molecule has 0 aliphatic carbocycles. The molecule has 0 radical (unpaired) electrons. The average Bonchev–Trinajstić information content (AvgIpc) is 2.99. The van der Waals surface area contributed by atoms with Gasteiger partial charge in [0.05, 0.1) is 22.8 Å². The van der Waals surface area contributed by atoms with Gasteiger partial charge in [-0.3, -0.25) is 4.79 Å². The molecule has 0 unspecified atom stereocenters. The molecule has 8 heteroatoms. The number of aromatic nitrogens is 1. The van der Waals surface area contributed by atoms with Gasteiger partial charge in [-0.25, -0.2) is 13.2 Å². The van der Waals surface area contributed by atoms with Gasteiger partial charge >= 0.3 is 5.97 Å².